The number of carbonyl (C=O) groups is 4. The molecule has 4 aliphatic rings. The molecule has 0 amide bonds. The summed E-state index contributed by atoms with van der Waals surface area (Å²) in [5.41, 5.74) is 5.11. The van der Waals surface area contributed by atoms with E-state index in [1.54, 1.807) is 14.2 Å². The highest BCUT2D eigenvalue weighted by atomic mass is 32.2. The lowest BCUT2D eigenvalue weighted by atomic mass is 9.43. The van der Waals surface area contributed by atoms with E-state index in [2.05, 4.69) is 17.0 Å². The second-order valence-electron chi connectivity index (χ2n) is 16.0. The van der Waals surface area contributed by atoms with Crippen molar-refractivity contribution in [3.05, 3.63) is 163 Å². The maximum Gasteiger partial charge on any atom is 0.513 e. The molecule has 16 heteroatoms. The monoisotopic (exact) mass is 936 g/mol. The smallest absolute Gasteiger partial charge is 0.434 e. The number of nitriles is 1. The van der Waals surface area contributed by atoms with Crippen LogP contribution in [0.5, 0.6) is 23.0 Å². The van der Waals surface area contributed by atoms with Gasteiger partial charge in [-0.1, -0.05) is 72.1 Å². The molecule has 4 unspecified atom stereocenters. The fraction of sp³-hybridized carbons (Fsp3) is 0.255. The van der Waals surface area contributed by atoms with Gasteiger partial charge in [0.2, 0.25) is 0 Å². The van der Waals surface area contributed by atoms with Gasteiger partial charge in [-0.05, 0) is 84.6 Å². The van der Waals surface area contributed by atoms with Gasteiger partial charge in [-0.25, -0.2) is 29.3 Å². The Morgan fingerprint density at radius 3 is 1.46 bits per heavy atom. The predicted octanol–water partition coefficient (Wildman–Crippen LogP) is 10.7. The molecule has 9 rings (SSSR count). The van der Waals surface area contributed by atoms with Crippen molar-refractivity contribution in [2.45, 2.75) is 65.9 Å². The standard InChI is InChI=1S/C51H40N2O12S2/c1-27(58-4)22-24-60-49(56)62-31-18-14-29(15-19-31)46(54)64-42-38-39(41-34-11-7-9-13-36(34)51(41)35-12-8-6-10-33(35)40(38)51)43(45-44(42)66-48(67-45)37(26-52)53-3)65-47(55)30-16-20-32(21-17-30)63-50(57)61-25-23-28(2)59-5/h6-21,27-28,40-41H,22-25H2,1-2,4-5H3/t27?,28?,40-,41?,51?/m0/s1. The molecule has 0 radical (unpaired) electrons. The van der Waals surface area contributed by atoms with Crippen LogP contribution >= 0.6 is 23.5 Å². The average molecular weight is 937 g/mol. The molecule has 0 saturated heterocycles. The van der Waals surface area contributed by atoms with E-state index in [0.29, 0.717) is 38.0 Å². The molecule has 1 spiro atoms. The summed E-state index contributed by atoms with van der Waals surface area (Å²) in [6.45, 7) is 11.7. The maximum atomic E-state index is 14.4. The number of carbonyl (C=O) groups excluding carboxylic acids is 4. The van der Waals surface area contributed by atoms with Crippen molar-refractivity contribution < 1.29 is 57.1 Å². The Labute approximate surface area is 393 Å². The summed E-state index contributed by atoms with van der Waals surface area (Å²) >= 11 is 2.20. The number of nitrogens with zero attached hydrogens (tertiary/aromatic N) is 2. The SMILES string of the molecule is [C-]#[N+]C(C#N)=C1Sc2c(OC(=O)c3ccc(OC(=O)OCCC(C)OC)cc3)c3c(c(OC(=O)c4ccc(OC(=O)OCCC(C)OC)cc4)c2S1)[C@@H]1c2ccccc2C12c1ccccc1C32. The Morgan fingerprint density at radius 2 is 1.07 bits per heavy atom. The largest absolute Gasteiger partial charge is 0.513 e. The summed E-state index contributed by atoms with van der Waals surface area (Å²) < 4.78 is 44.7. The molecular formula is C51H40N2O12S2. The maximum absolute atomic E-state index is 14.4. The van der Waals surface area contributed by atoms with Gasteiger partial charge >= 0.3 is 24.2 Å². The Morgan fingerprint density at radius 1 is 0.657 bits per heavy atom. The van der Waals surface area contributed by atoms with Gasteiger partial charge in [-0.15, -0.1) is 0 Å². The zero-order chi connectivity index (χ0) is 47.0. The highest BCUT2D eigenvalue weighted by molar-refractivity contribution is 8.24. The molecule has 3 aliphatic carbocycles. The average Bonchev–Trinajstić information content (AvgIpc) is 3.86. The van der Waals surface area contributed by atoms with Crippen LogP contribution in [0.4, 0.5) is 9.59 Å². The number of rotatable bonds is 14. The van der Waals surface area contributed by atoms with Crippen LogP contribution in [0, 0.1) is 17.9 Å². The quantitative estimate of drug-likeness (QED) is 0.0338. The van der Waals surface area contributed by atoms with Crippen molar-refractivity contribution in [3.63, 3.8) is 0 Å². The number of benzene rings is 5. The molecule has 338 valence electrons. The summed E-state index contributed by atoms with van der Waals surface area (Å²) in [7, 11) is 3.13. The Hall–Kier alpha value is -7.08. The molecule has 0 aromatic heterocycles. The van der Waals surface area contributed by atoms with Gasteiger partial charge in [-0.3, -0.25) is 0 Å². The number of fused-ring (bicyclic) bond motifs is 8. The topological polar surface area (TPSA) is 170 Å². The Kier molecular flexibility index (Phi) is 12.6. The van der Waals surface area contributed by atoms with E-state index in [-0.39, 0.29) is 77.1 Å². The van der Waals surface area contributed by atoms with Crippen LogP contribution in [0.3, 0.4) is 0 Å². The van der Waals surface area contributed by atoms with Gasteiger partial charge in [0.05, 0.1) is 63.2 Å². The van der Waals surface area contributed by atoms with Gasteiger partial charge in [0, 0.05) is 55.4 Å². The first-order chi connectivity index (χ1) is 32.5. The van der Waals surface area contributed by atoms with Crippen LogP contribution in [0.25, 0.3) is 4.85 Å². The summed E-state index contributed by atoms with van der Waals surface area (Å²) in [5, 5.41) is 10.0. The van der Waals surface area contributed by atoms with E-state index in [1.807, 2.05) is 56.3 Å². The molecule has 0 N–H and O–H groups in total. The Bertz CT molecular complexity index is 2760. The molecular weight excluding hydrogens is 897 g/mol. The summed E-state index contributed by atoms with van der Waals surface area (Å²) in [4.78, 5) is 57.8. The third-order valence-electron chi connectivity index (χ3n) is 12.4. The van der Waals surface area contributed by atoms with E-state index < -0.39 is 29.7 Å². The minimum absolute atomic E-state index is 0.0978. The van der Waals surface area contributed by atoms with Gasteiger partial charge in [0.25, 0.3) is 5.70 Å². The zero-order valence-corrected chi connectivity index (χ0v) is 38.1. The predicted molar refractivity (Wildman–Crippen MR) is 244 cm³/mol. The van der Waals surface area contributed by atoms with Crippen LogP contribution in [0.1, 0.15) is 92.6 Å². The fourth-order valence-corrected chi connectivity index (χ4v) is 11.6. The van der Waals surface area contributed by atoms with Gasteiger partial charge in [0.1, 0.15) is 11.5 Å². The van der Waals surface area contributed by atoms with Crippen LogP contribution in [-0.2, 0) is 24.4 Å². The van der Waals surface area contributed by atoms with Crippen molar-refractivity contribution in [1.29, 1.82) is 5.26 Å². The molecule has 1 aliphatic heterocycles. The van der Waals surface area contributed by atoms with Crippen molar-refractivity contribution in [2.75, 3.05) is 27.4 Å². The van der Waals surface area contributed by atoms with Gasteiger partial charge < -0.3 is 37.9 Å². The molecule has 0 bridgehead atoms. The normalized spacial score (nSPS) is 19.0. The first-order valence-electron chi connectivity index (χ1n) is 21.2. The Balaban J connectivity index is 1.10. The number of methoxy groups -OCH3 is 2. The third kappa shape index (κ3) is 7.95. The molecule has 5 aromatic rings. The lowest BCUT2D eigenvalue weighted by Gasteiger charge is -2.58. The number of allylic oxidation sites excluding steroid dienone is 1. The molecule has 0 fully saturated rings. The first-order valence-corrected chi connectivity index (χ1v) is 22.8. The van der Waals surface area contributed by atoms with Crippen molar-refractivity contribution in [3.8, 4) is 29.1 Å². The van der Waals surface area contributed by atoms with Crippen LogP contribution in [0.2, 0.25) is 0 Å². The van der Waals surface area contributed by atoms with Gasteiger partial charge in [0.15, 0.2) is 11.5 Å². The van der Waals surface area contributed by atoms with E-state index in [1.165, 1.54) is 48.5 Å². The molecule has 67 heavy (non-hydrogen) atoms. The van der Waals surface area contributed by atoms with E-state index in [0.717, 1.165) is 45.8 Å². The summed E-state index contributed by atoms with van der Waals surface area (Å²) in [5.74, 6) is -1.36. The minimum Gasteiger partial charge on any atom is -0.434 e. The summed E-state index contributed by atoms with van der Waals surface area (Å²) in [6, 6.07) is 29.9. The zero-order valence-electron chi connectivity index (χ0n) is 36.5. The fourth-order valence-electron chi connectivity index (χ4n) is 9.09. The second kappa shape index (κ2) is 18.7. The highest BCUT2D eigenvalue weighted by Crippen LogP contribution is 2.81. The molecule has 1 heterocycles. The van der Waals surface area contributed by atoms with Gasteiger partial charge in [-0.2, -0.15) is 0 Å². The summed E-state index contributed by atoms with van der Waals surface area (Å²) in [6.07, 6.45) is -1.05. The second-order valence-corrected chi connectivity index (χ2v) is 18.3. The lowest BCUT2D eigenvalue weighted by Crippen LogP contribution is -2.52. The van der Waals surface area contributed by atoms with Crippen molar-refractivity contribution in [2.24, 2.45) is 0 Å². The van der Waals surface area contributed by atoms with E-state index in [4.69, 9.17) is 44.5 Å². The van der Waals surface area contributed by atoms with E-state index >= 15 is 0 Å². The molecule has 0 saturated carbocycles. The number of hydrogen-bond acceptors (Lipinski definition) is 15. The van der Waals surface area contributed by atoms with Crippen LogP contribution in [0.15, 0.2) is 117 Å². The van der Waals surface area contributed by atoms with Crippen LogP contribution in [-0.4, -0.2) is 63.9 Å². The molecule has 14 nitrogen and oxygen atoms in total. The lowest BCUT2D eigenvalue weighted by molar-refractivity contribution is 0.0618. The van der Waals surface area contributed by atoms with E-state index in [9.17, 15) is 24.4 Å². The molecule has 5 atom stereocenters. The number of hydrogen-bond donors (Lipinski definition) is 0. The number of esters is 2. The first kappa shape index (κ1) is 45.1. The van der Waals surface area contributed by atoms with Crippen molar-refractivity contribution >= 4 is 47.8 Å². The third-order valence-corrected chi connectivity index (χ3v) is 15.0. The van der Waals surface area contributed by atoms with Crippen LogP contribution < -0.4 is 18.9 Å². The molecule has 5 aromatic carbocycles. The number of ether oxygens (including phenoxy) is 8. The number of thioether (sulfide) groups is 2. The highest BCUT2D eigenvalue weighted by Gasteiger charge is 2.71. The van der Waals surface area contributed by atoms with Crippen molar-refractivity contribution in [1.82, 2.24) is 0 Å². The minimum atomic E-state index is -0.905.